The van der Waals surface area contributed by atoms with Crippen LogP contribution >= 0.6 is 24.0 Å². The number of ether oxygens (including phenoxy) is 1. The molecule has 0 spiro atoms. The van der Waals surface area contributed by atoms with E-state index in [0.29, 0.717) is 5.11 Å². The molecule has 0 saturated heterocycles. The third-order valence-electron chi connectivity index (χ3n) is 3.09. The van der Waals surface area contributed by atoms with E-state index in [1.54, 1.807) is 13.3 Å². The highest BCUT2D eigenvalue weighted by atomic mass is 32.2. The van der Waals surface area contributed by atoms with Gasteiger partial charge in [0.15, 0.2) is 5.11 Å². The van der Waals surface area contributed by atoms with Gasteiger partial charge in [-0.15, -0.1) is 11.8 Å². The Kier molecular flexibility index (Phi) is 7.16. The number of pyridine rings is 1. The van der Waals surface area contributed by atoms with Crippen molar-refractivity contribution in [1.82, 2.24) is 10.3 Å². The molecule has 122 valence electrons. The monoisotopic (exact) mass is 347 g/mol. The first kappa shape index (κ1) is 17.6. The van der Waals surface area contributed by atoms with Crippen LogP contribution in [0, 0.1) is 6.92 Å². The molecule has 0 aliphatic rings. The van der Waals surface area contributed by atoms with Gasteiger partial charge in [-0.05, 0) is 73.3 Å². The smallest absolute Gasteiger partial charge is 0.171 e. The first-order chi connectivity index (χ1) is 11.2. The maximum Gasteiger partial charge on any atom is 0.171 e. The lowest BCUT2D eigenvalue weighted by Gasteiger charge is -2.10. The van der Waals surface area contributed by atoms with Crippen molar-refractivity contribution in [2.45, 2.75) is 18.2 Å². The molecule has 2 aromatic rings. The van der Waals surface area contributed by atoms with Gasteiger partial charge in [-0.1, -0.05) is 0 Å². The lowest BCUT2D eigenvalue weighted by molar-refractivity contribution is 0.414. The average molecular weight is 348 g/mol. The SMILES string of the molecule is COc1ccc(SCCCNC(=S)Nc2cc(C)ccn2)cc1. The summed E-state index contributed by atoms with van der Waals surface area (Å²) in [6, 6.07) is 12.0. The average Bonchev–Trinajstić information content (AvgIpc) is 2.55. The van der Waals surface area contributed by atoms with Gasteiger partial charge in [0.1, 0.15) is 11.6 Å². The molecule has 0 aliphatic carbocycles. The fourth-order valence-corrected chi connectivity index (χ4v) is 2.96. The molecule has 1 aromatic carbocycles. The molecule has 2 rings (SSSR count). The number of benzene rings is 1. The molecule has 6 heteroatoms. The standard InChI is InChI=1S/C17H21N3OS2/c1-13-8-10-18-16(12-13)20-17(22)19-9-3-11-23-15-6-4-14(21-2)5-7-15/h4-8,10,12H,3,9,11H2,1-2H3,(H2,18,19,20,22). The zero-order chi connectivity index (χ0) is 16.5. The predicted molar refractivity (Wildman–Crippen MR) is 102 cm³/mol. The van der Waals surface area contributed by atoms with E-state index in [1.807, 2.05) is 43.0 Å². The van der Waals surface area contributed by atoms with Crippen LogP contribution in [-0.2, 0) is 0 Å². The van der Waals surface area contributed by atoms with Crippen LogP contribution in [0.25, 0.3) is 0 Å². The summed E-state index contributed by atoms with van der Waals surface area (Å²) >= 11 is 7.09. The second kappa shape index (κ2) is 9.37. The number of hydrogen-bond acceptors (Lipinski definition) is 4. The summed E-state index contributed by atoms with van der Waals surface area (Å²) in [6.07, 6.45) is 2.80. The molecule has 0 bridgehead atoms. The lowest BCUT2D eigenvalue weighted by Crippen LogP contribution is -2.29. The van der Waals surface area contributed by atoms with Crippen LogP contribution in [-0.4, -0.2) is 29.5 Å². The van der Waals surface area contributed by atoms with Crippen LogP contribution in [0.3, 0.4) is 0 Å². The van der Waals surface area contributed by atoms with Crippen molar-refractivity contribution >= 4 is 34.9 Å². The molecule has 0 saturated carbocycles. The fourth-order valence-electron chi connectivity index (χ4n) is 1.90. The van der Waals surface area contributed by atoms with E-state index in [1.165, 1.54) is 4.90 Å². The number of aromatic nitrogens is 1. The second-order valence-electron chi connectivity index (χ2n) is 4.98. The van der Waals surface area contributed by atoms with Crippen molar-refractivity contribution < 1.29 is 4.74 Å². The summed E-state index contributed by atoms with van der Waals surface area (Å²) in [4.78, 5) is 5.47. The van der Waals surface area contributed by atoms with Gasteiger partial charge >= 0.3 is 0 Å². The van der Waals surface area contributed by atoms with Gasteiger partial charge in [-0.3, -0.25) is 0 Å². The van der Waals surface area contributed by atoms with Crippen LogP contribution in [0.1, 0.15) is 12.0 Å². The largest absolute Gasteiger partial charge is 0.497 e. The van der Waals surface area contributed by atoms with Crippen LogP contribution in [0.5, 0.6) is 5.75 Å². The number of aryl methyl sites for hydroxylation is 1. The molecule has 0 atom stereocenters. The van der Waals surface area contributed by atoms with Gasteiger partial charge < -0.3 is 15.4 Å². The zero-order valence-electron chi connectivity index (χ0n) is 13.3. The number of thioether (sulfide) groups is 1. The van der Waals surface area contributed by atoms with Crippen molar-refractivity contribution in [2.24, 2.45) is 0 Å². The number of thiocarbonyl (C=S) groups is 1. The maximum absolute atomic E-state index is 5.27. The minimum atomic E-state index is 0.609. The topological polar surface area (TPSA) is 46.2 Å². The van der Waals surface area contributed by atoms with Crippen molar-refractivity contribution in [3.8, 4) is 5.75 Å². The number of anilines is 1. The number of methoxy groups -OCH3 is 1. The summed E-state index contributed by atoms with van der Waals surface area (Å²) in [7, 11) is 1.68. The van der Waals surface area contributed by atoms with Crippen LogP contribution in [0.4, 0.5) is 5.82 Å². The molecule has 0 aliphatic heterocycles. The van der Waals surface area contributed by atoms with Crippen LogP contribution in [0.15, 0.2) is 47.5 Å². The first-order valence-electron chi connectivity index (χ1n) is 7.42. The Hall–Kier alpha value is -1.79. The van der Waals surface area contributed by atoms with Crippen LogP contribution < -0.4 is 15.4 Å². The van der Waals surface area contributed by atoms with Gasteiger partial charge in [-0.25, -0.2) is 4.98 Å². The lowest BCUT2D eigenvalue weighted by atomic mass is 10.3. The van der Waals surface area contributed by atoms with Crippen molar-refractivity contribution in [3.05, 3.63) is 48.2 Å². The number of nitrogens with zero attached hydrogens (tertiary/aromatic N) is 1. The van der Waals surface area contributed by atoms with E-state index >= 15 is 0 Å². The van der Waals surface area contributed by atoms with Crippen molar-refractivity contribution in [2.75, 3.05) is 24.7 Å². The minimum absolute atomic E-state index is 0.609. The third kappa shape index (κ3) is 6.46. The highest BCUT2D eigenvalue weighted by Gasteiger charge is 1.99. The predicted octanol–water partition coefficient (Wildman–Crippen LogP) is 3.87. The molecule has 1 heterocycles. The maximum atomic E-state index is 5.27. The molecular formula is C17H21N3OS2. The van der Waals surface area contributed by atoms with Gasteiger partial charge in [0.2, 0.25) is 0 Å². The highest BCUT2D eigenvalue weighted by molar-refractivity contribution is 7.99. The molecule has 23 heavy (non-hydrogen) atoms. The molecule has 0 unspecified atom stereocenters. The molecule has 4 nitrogen and oxygen atoms in total. The molecule has 1 aromatic heterocycles. The summed E-state index contributed by atoms with van der Waals surface area (Å²) in [6.45, 7) is 2.86. The van der Waals surface area contributed by atoms with E-state index in [-0.39, 0.29) is 0 Å². The molecule has 0 amide bonds. The zero-order valence-corrected chi connectivity index (χ0v) is 15.0. The summed E-state index contributed by atoms with van der Waals surface area (Å²) in [5, 5.41) is 6.90. The third-order valence-corrected chi connectivity index (χ3v) is 4.44. The Labute approximate surface area is 147 Å². The summed E-state index contributed by atoms with van der Waals surface area (Å²) in [5.41, 5.74) is 1.15. The number of hydrogen-bond donors (Lipinski definition) is 2. The summed E-state index contributed by atoms with van der Waals surface area (Å²) < 4.78 is 5.15. The Bertz CT molecular complexity index is 632. The van der Waals surface area contributed by atoms with Gasteiger partial charge in [0, 0.05) is 17.6 Å². The van der Waals surface area contributed by atoms with E-state index in [4.69, 9.17) is 17.0 Å². The van der Waals surface area contributed by atoms with Crippen LogP contribution in [0.2, 0.25) is 0 Å². The first-order valence-corrected chi connectivity index (χ1v) is 8.81. The quantitative estimate of drug-likeness (QED) is 0.450. The highest BCUT2D eigenvalue weighted by Crippen LogP contribution is 2.21. The van der Waals surface area contributed by atoms with Gasteiger partial charge in [-0.2, -0.15) is 0 Å². The van der Waals surface area contributed by atoms with Crippen molar-refractivity contribution in [1.29, 1.82) is 0 Å². The summed E-state index contributed by atoms with van der Waals surface area (Å²) in [5.74, 6) is 2.69. The molecule has 0 radical (unpaired) electrons. The number of nitrogens with one attached hydrogen (secondary N) is 2. The number of rotatable bonds is 7. The van der Waals surface area contributed by atoms with E-state index < -0.39 is 0 Å². The van der Waals surface area contributed by atoms with Crippen molar-refractivity contribution in [3.63, 3.8) is 0 Å². The van der Waals surface area contributed by atoms with E-state index in [9.17, 15) is 0 Å². The molecule has 2 N–H and O–H groups in total. The molecule has 0 fully saturated rings. The second-order valence-corrected chi connectivity index (χ2v) is 6.55. The Morgan fingerprint density at radius 1 is 1.26 bits per heavy atom. The normalized spacial score (nSPS) is 10.2. The Balaban J connectivity index is 1.62. The minimum Gasteiger partial charge on any atom is -0.497 e. The Morgan fingerprint density at radius 3 is 2.74 bits per heavy atom. The molecular weight excluding hydrogens is 326 g/mol. The van der Waals surface area contributed by atoms with Gasteiger partial charge in [0.25, 0.3) is 0 Å². The Morgan fingerprint density at radius 2 is 2.04 bits per heavy atom. The van der Waals surface area contributed by atoms with E-state index in [0.717, 1.165) is 35.8 Å². The van der Waals surface area contributed by atoms with E-state index in [2.05, 4.69) is 27.8 Å². The fraction of sp³-hybridized carbons (Fsp3) is 0.294. The van der Waals surface area contributed by atoms with Gasteiger partial charge in [0.05, 0.1) is 7.11 Å².